The summed E-state index contributed by atoms with van der Waals surface area (Å²) in [5, 5.41) is 6.92. The van der Waals surface area contributed by atoms with Crippen LogP contribution in [0.1, 0.15) is 10.6 Å². The fourth-order valence-electron chi connectivity index (χ4n) is 2.82. The summed E-state index contributed by atoms with van der Waals surface area (Å²) in [5.41, 5.74) is 1.34. The predicted molar refractivity (Wildman–Crippen MR) is 106 cm³/mol. The zero-order valence-electron chi connectivity index (χ0n) is 16.8. The molecule has 0 aliphatic rings. The molecule has 1 aromatic heterocycles. The Hall–Kier alpha value is -3.75. The monoisotopic (exact) mass is 398 g/mol. The minimum Gasteiger partial charge on any atom is -0.497 e. The van der Waals surface area contributed by atoms with Gasteiger partial charge in [0, 0.05) is 12.6 Å². The van der Waals surface area contributed by atoms with Gasteiger partial charge in [-0.25, -0.2) is 9.67 Å². The van der Waals surface area contributed by atoms with E-state index in [4.69, 9.17) is 18.9 Å². The molecular weight excluding hydrogens is 376 g/mol. The molecule has 29 heavy (non-hydrogen) atoms. The molecule has 0 bridgehead atoms. The summed E-state index contributed by atoms with van der Waals surface area (Å²) < 4.78 is 23.0. The van der Waals surface area contributed by atoms with Crippen LogP contribution in [0.4, 0.5) is 0 Å². The van der Waals surface area contributed by atoms with E-state index in [1.54, 1.807) is 36.1 Å². The third kappa shape index (κ3) is 3.79. The summed E-state index contributed by atoms with van der Waals surface area (Å²) in [6, 6.07) is 10.7. The maximum Gasteiger partial charge on any atom is 0.290 e. The summed E-state index contributed by atoms with van der Waals surface area (Å²) in [5.74, 6) is 2.17. The molecule has 0 aliphatic carbocycles. The lowest BCUT2D eigenvalue weighted by Gasteiger charge is -2.14. The quantitative estimate of drug-likeness (QED) is 0.652. The van der Waals surface area contributed by atoms with Crippen LogP contribution in [0.5, 0.6) is 23.0 Å². The number of carbonyl (C=O) groups excluding carboxylic acids is 1. The van der Waals surface area contributed by atoms with Gasteiger partial charge in [0.25, 0.3) is 5.91 Å². The van der Waals surface area contributed by atoms with Gasteiger partial charge in [-0.05, 0) is 36.4 Å². The molecule has 0 aliphatic heterocycles. The lowest BCUT2D eigenvalue weighted by molar-refractivity contribution is 0.0953. The zero-order chi connectivity index (χ0) is 21.0. The maximum absolute atomic E-state index is 12.1. The summed E-state index contributed by atoms with van der Waals surface area (Å²) in [7, 11) is 7.71. The SMILES string of the molecule is CNC(=O)c1nc(-c2cc(OC)c(OC)c(OC)c2)n(-c2ccc(OC)cc2)n1. The molecule has 1 N–H and O–H groups in total. The summed E-state index contributed by atoms with van der Waals surface area (Å²) in [4.78, 5) is 16.6. The third-order valence-electron chi connectivity index (χ3n) is 4.28. The van der Waals surface area contributed by atoms with Gasteiger partial charge in [0.05, 0.1) is 34.1 Å². The van der Waals surface area contributed by atoms with Crippen LogP contribution in [0.25, 0.3) is 17.1 Å². The van der Waals surface area contributed by atoms with E-state index in [1.807, 2.05) is 12.1 Å². The number of aromatic nitrogens is 3. The smallest absolute Gasteiger partial charge is 0.290 e. The van der Waals surface area contributed by atoms with E-state index >= 15 is 0 Å². The summed E-state index contributed by atoms with van der Waals surface area (Å²) >= 11 is 0. The highest BCUT2D eigenvalue weighted by atomic mass is 16.5. The Morgan fingerprint density at radius 2 is 1.55 bits per heavy atom. The average molecular weight is 398 g/mol. The highest BCUT2D eigenvalue weighted by Gasteiger charge is 2.21. The maximum atomic E-state index is 12.1. The predicted octanol–water partition coefficient (Wildman–Crippen LogP) is 2.33. The third-order valence-corrected chi connectivity index (χ3v) is 4.28. The van der Waals surface area contributed by atoms with Crippen molar-refractivity contribution in [1.29, 1.82) is 0 Å². The number of nitrogens with zero attached hydrogens (tertiary/aromatic N) is 3. The molecule has 0 spiro atoms. The van der Waals surface area contributed by atoms with Gasteiger partial charge < -0.3 is 24.3 Å². The number of carbonyl (C=O) groups is 1. The van der Waals surface area contributed by atoms with Crippen molar-refractivity contribution >= 4 is 5.91 Å². The van der Waals surface area contributed by atoms with Gasteiger partial charge >= 0.3 is 0 Å². The molecule has 0 radical (unpaired) electrons. The van der Waals surface area contributed by atoms with Gasteiger partial charge in [0.2, 0.25) is 11.6 Å². The molecular formula is C20H22N4O5. The van der Waals surface area contributed by atoms with Crippen molar-refractivity contribution < 1.29 is 23.7 Å². The molecule has 0 unspecified atom stereocenters. The summed E-state index contributed by atoms with van der Waals surface area (Å²) in [6.07, 6.45) is 0. The first kappa shape index (κ1) is 20.0. The van der Waals surface area contributed by atoms with Crippen LogP contribution in [-0.4, -0.2) is 56.2 Å². The van der Waals surface area contributed by atoms with E-state index in [0.717, 1.165) is 0 Å². The number of hydrogen-bond acceptors (Lipinski definition) is 7. The Morgan fingerprint density at radius 3 is 2.03 bits per heavy atom. The Bertz CT molecular complexity index is 989. The Balaban J connectivity index is 2.22. The van der Waals surface area contributed by atoms with Crippen LogP contribution in [0.15, 0.2) is 36.4 Å². The zero-order valence-corrected chi connectivity index (χ0v) is 16.8. The van der Waals surface area contributed by atoms with Crippen molar-refractivity contribution in [2.24, 2.45) is 0 Å². The first-order valence-electron chi connectivity index (χ1n) is 8.70. The molecule has 0 atom stereocenters. The summed E-state index contributed by atoms with van der Waals surface area (Å²) in [6.45, 7) is 0. The number of nitrogens with one attached hydrogen (secondary N) is 1. The van der Waals surface area contributed by atoms with Crippen molar-refractivity contribution in [3.05, 3.63) is 42.2 Å². The molecule has 152 valence electrons. The number of ether oxygens (including phenoxy) is 4. The number of benzene rings is 2. The van der Waals surface area contributed by atoms with Crippen molar-refractivity contribution in [2.45, 2.75) is 0 Å². The minimum atomic E-state index is -0.397. The molecule has 9 nitrogen and oxygen atoms in total. The second-order valence-electron chi connectivity index (χ2n) is 5.86. The number of rotatable bonds is 7. The van der Waals surface area contributed by atoms with Crippen LogP contribution >= 0.6 is 0 Å². The van der Waals surface area contributed by atoms with Gasteiger partial charge in [0.1, 0.15) is 5.75 Å². The molecule has 0 fully saturated rings. The van der Waals surface area contributed by atoms with Crippen LogP contribution in [-0.2, 0) is 0 Å². The van der Waals surface area contributed by atoms with Crippen LogP contribution in [0.3, 0.4) is 0 Å². The largest absolute Gasteiger partial charge is 0.497 e. The lowest BCUT2D eigenvalue weighted by atomic mass is 10.1. The molecule has 1 heterocycles. The number of methoxy groups -OCH3 is 4. The molecule has 0 saturated carbocycles. The molecule has 3 aromatic rings. The van der Waals surface area contributed by atoms with E-state index in [0.29, 0.717) is 40.1 Å². The van der Waals surface area contributed by atoms with Gasteiger partial charge in [-0.3, -0.25) is 4.79 Å². The van der Waals surface area contributed by atoms with Crippen LogP contribution < -0.4 is 24.3 Å². The number of hydrogen-bond donors (Lipinski definition) is 1. The van der Waals surface area contributed by atoms with E-state index in [9.17, 15) is 4.79 Å². The highest BCUT2D eigenvalue weighted by molar-refractivity contribution is 5.90. The van der Waals surface area contributed by atoms with E-state index in [-0.39, 0.29) is 5.82 Å². The Labute approximate surface area is 168 Å². The van der Waals surface area contributed by atoms with Crippen molar-refractivity contribution in [3.8, 4) is 40.1 Å². The lowest BCUT2D eigenvalue weighted by Crippen LogP contribution is -2.19. The number of amides is 1. The fourth-order valence-corrected chi connectivity index (χ4v) is 2.82. The standard InChI is InChI=1S/C20H22N4O5/c1-21-20(25)18-22-19(24(23-18)13-6-8-14(26-2)9-7-13)12-10-15(27-3)17(29-5)16(11-12)28-4/h6-11H,1-5H3,(H,21,25). The van der Waals surface area contributed by atoms with Crippen LogP contribution in [0, 0.1) is 0 Å². The highest BCUT2D eigenvalue weighted by Crippen LogP contribution is 2.41. The second-order valence-corrected chi connectivity index (χ2v) is 5.86. The molecule has 3 rings (SSSR count). The van der Waals surface area contributed by atoms with E-state index in [2.05, 4.69) is 15.4 Å². The minimum absolute atomic E-state index is 0.0343. The first-order chi connectivity index (χ1) is 14.1. The second kappa shape index (κ2) is 8.51. The Kier molecular flexibility index (Phi) is 5.87. The fraction of sp³-hybridized carbons (Fsp3) is 0.250. The van der Waals surface area contributed by atoms with Crippen molar-refractivity contribution in [2.75, 3.05) is 35.5 Å². The van der Waals surface area contributed by atoms with Gasteiger partial charge in [-0.15, -0.1) is 5.10 Å². The van der Waals surface area contributed by atoms with Gasteiger partial charge in [0.15, 0.2) is 17.3 Å². The molecule has 1 amide bonds. The topological polar surface area (TPSA) is 96.7 Å². The molecule has 9 heteroatoms. The van der Waals surface area contributed by atoms with Gasteiger partial charge in [-0.2, -0.15) is 0 Å². The van der Waals surface area contributed by atoms with Gasteiger partial charge in [-0.1, -0.05) is 0 Å². The van der Waals surface area contributed by atoms with E-state index in [1.165, 1.54) is 28.4 Å². The van der Waals surface area contributed by atoms with Crippen LogP contribution in [0.2, 0.25) is 0 Å². The van der Waals surface area contributed by atoms with E-state index < -0.39 is 5.91 Å². The molecule has 2 aromatic carbocycles. The first-order valence-corrected chi connectivity index (χ1v) is 8.70. The molecule has 0 saturated heterocycles. The normalized spacial score (nSPS) is 10.4. The average Bonchev–Trinajstić information content (AvgIpc) is 3.22. The Morgan fingerprint density at radius 1 is 0.931 bits per heavy atom. The van der Waals surface area contributed by atoms with Crippen molar-refractivity contribution in [1.82, 2.24) is 20.1 Å². The van der Waals surface area contributed by atoms with Crippen molar-refractivity contribution in [3.63, 3.8) is 0 Å².